The molecule has 3 heterocycles. The van der Waals surface area contributed by atoms with Crippen molar-refractivity contribution in [2.75, 3.05) is 39.6 Å². The number of ether oxygens (including phenoxy) is 2. The van der Waals surface area contributed by atoms with Gasteiger partial charge in [0, 0.05) is 37.5 Å². The Morgan fingerprint density at radius 1 is 1.16 bits per heavy atom. The molecule has 11 nitrogen and oxygen atoms in total. The summed E-state index contributed by atoms with van der Waals surface area (Å²) >= 11 is 0.913. The van der Waals surface area contributed by atoms with Crippen molar-refractivity contribution < 1.29 is 40.3 Å². The Hall–Kier alpha value is -2.14. The fourth-order valence-electron chi connectivity index (χ4n) is 4.09. The van der Waals surface area contributed by atoms with E-state index in [0.717, 1.165) is 39.0 Å². The van der Waals surface area contributed by atoms with Crippen LogP contribution in [0.4, 0.5) is 4.39 Å². The number of carbonyl (C=O) groups is 1. The topological polar surface area (TPSA) is 132 Å². The quantitative estimate of drug-likeness (QED) is 0.470. The standard InChI is InChI=1S/C22H28FN3O8S3/c1-32-18-7-6-15(13-16(18)23)19-8-9-21(35-19)37(30,31)26-11-10-25(36(2,28)29)14-17(26)22(27)24-34-20-5-3-4-12-33-20/h6-9,13,17,20H,3-5,10-12,14H2,1-2H3,(H,24,27)/t17-,20?/m1/s1. The fraction of sp³-hybridized carbons (Fsp3) is 0.500. The van der Waals surface area contributed by atoms with Crippen molar-refractivity contribution in [3.05, 3.63) is 36.1 Å². The molecular formula is C22H28FN3O8S3. The van der Waals surface area contributed by atoms with Crippen molar-refractivity contribution in [3.8, 4) is 16.2 Å². The van der Waals surface area contributed by atoms with Gasteiger partial charge in [-0.05, 0) is 48.7 Å². The highest BCUT2D eigenvalue weighted by Crippen LogP contribution is 2.35. The molecule has 2 fully saturated rings. The van der Waals surface area contributed by atoms with E-state index < -0.39 is 44.1 Å². The Morgan fingerprint density at radius 3 is 2.59 bits per heavy atom. The summed E-state index contributed by atoms with van der Waals surface area (Å²) in [5, 5.41) is 0. The van der Waals surface area contributed by atoms with Gasteiger partial charge in [-0.1, -0.05) is 0 Å². The second-order valence-electron chi connectivity index (χ2n) is 8.60. The van der Waals surface area contributed by atoms with E-state index in [-0.39, 0.29) is 29.6 Å². The molecule has 2 aliphatic heterocycles. The lowest BCUT2D eigenvalue weighted by molar-refractivity contribution is -0.202. The van der Waals surface area contributed by atoms with Gasteiger partial charge in [0.15, 0.2) is 17.9 Å². The van der Waals surface area contributed by atoms with E-state index in [4.69, 9.17) is 14.3 Å². The molecule has 37 heavy (non-hydrogen) atoms. The van der Waals surface area contributed by atoms with Crippen LogP contribution in [-0.4, -0.2) is 83.3 Å². The molecule has 1 N–H and O–H groups in total. The van der Waals surface area contributed by atoms with Crippen LogP contribution >= 0.6 is 11.3 Å². The molecule has 0 spiro atoms. The predicted molar refractivity (Wildman–Crippen MR) is 133 cm³/mol. The molecule has 2 atom stereocenters. The summed E-state index contributed by atoms with van der Waals surface area (Å²) in [7, 11) is -6.55. The van der Waals surface area contributed by atoms with E-state index in [9.17, 15) is 26.0 Å². The number of carbonyl (C=O) groups excluding carboxylic acids is 1. The number of nitrogens with zero attached hydrogens (tertiary/aromatic N) is 2. The Labute approximate surface area is 219 Å². The molecule has 204 valence electrons. The molecule has 1 aromatic carbocycles. The molecule has 0 bridgehead atoms. The molecule has 2 aromatic rings. The van der Waals surface area contributed by atoms with E-state index in [0.29, 0.717) is 23.5 Å². The number of halogens is 1. The number of piperazine rings is 1. The third-order valence-corrected chi connectivity index (χ3v) is 10.9. The minimum absolute atomic E-state index is 0.0617. The van der Waals surface area contributed by atoms with E-state index in [1.54, 1.807) is 12.1 Å². The number of amides is 1. The van der Waals surface area contributed by atoms with Gasteiger partial charge in [-0.2, -0.15) is 8.61 Å². The number of thiophene rings is 1. The number of benzene rings is 1. The summed E-state index contributed by atoms with van der Waals surface area (Å²) in [5.41, 5.74) is 2.71. The zero-order valence-electron chi connectivity index (χ0n) is 20.3. The van der Waals surface area contributed by atoms with E-state index in [1.807, 2.05) is 0 Å². The highest BCUT2D eigenvalue weighted by molar-refractivity contribution is 7.91. The summed E-state index contributed by atoms with van der Waals surface area (Å²) in [5.74, 6) is -1.33. The van der Waals surface area contributed by atoms with Crippen LogP contribution in [0.3, 0.4) is 0 Å². The molecule has 1 unspecified atom stereocenters. The lowest BCUT2D eigenvalue weighted by atomic mass is 10.2. The highest BCUT2D eigenvalue weighted by Gasteiger charge is 2.43. The summed E-state index contributed by atoms with van der Waals surface area (Å²) in [4.78, 5) is 18.9. The van der Waals surface area contributed by atoms with E-state index >= 15 is 0 Å². The van der Waals surface area contributed by atoms with Crippen molar-refractivity contribution in [1.82, 2.24) is 14.1 Å². The second kappa shape index (κ2) is 11.3. The first-order valence-electron chi connectivity index (χ1n) is 11.5. The minimum Gasteiger partial charge on any atom is -0.494 e. The van der Waals surface area contributed by atoms with Gasteiger partial charge in [0.05, 0.1) is 13.4 Å². The number of sulfonamides is 2. The van der Waals surface area contributed by atoms with Gasteiger partial charge < -0.3 is 9.47 Å². The summed E-state index contributed by atoms with van der Waals surface area (Å²) in [6.07, 6.45) is 2.62. The first-order valence-corrected chi connectivity index (χ1v) is 15.6. The second-order valence-corrected chi connectivity index (χ2v) is 13.8. The van der Waals surface area contributed by atoms with Crippen molar-refractivity contribution in [3.63, 3.8) is 0 Å². The van der Waals surface area contributed by atoms with Gasteiger partial charge >= 0.3 is 0 Å². The van der Waals surface area contributed by atoms with Crippen LogP contribution in [0.1, 0.15) is 19.3 Å². The highest BCUT2D eigenvalue weighted by atomic mass is 32.2. The molecule has 15 heteroatoms. The summed E-state index contributed by atoms with van der Waals surface area (Å²) < 4.78 is 78.0. The number of hydrogen-bond donors (Lipinski definition) is 1. The predicted octanol–water partition coefficient (Wildman–Crippen LogP) is 1.77. The molecule has 0 aliphatic carbocycles. The molecular weight excluding hydrogens is 549 g/mol. The van der Waals surface area contributed by atoms with Gasteiger partial charge in [0.25, 0.3) is 15.9 Å². The van der Waals surface area contributed by atoms with Crippen LogP contribution in [0.5, 0.6) is 5.75 Å². The molecule has 1 aromatic heterocycles. The van der Waals surface area contributed by atoms with Gasteiger partial charge in [-0.25, -0.2) is 31.5 Å². The fourth-order valence-corrected chi connectivity index (χ4v) is 7.92. The van der Waals surface area contributed by atoms with Gasteiger partial charge in [-0.3, -0.25) is 4.79 Å². The monoisotopic (exact) mass is 577 g/mol. The number of nitrogens with one attached hydrogen (secondary N) is 1. The average molecular weight is 578 g/mol. The Bertz CT molecular complexity index is 1340. The van der Waals surface area contributed by atoms with Crippen molar-refractivity contribution in [2.24, 2.45) is 0 Å². The molecule has 0 saturated carbocycles. The van der Waals surface area contributed by atoms with E-state index in [2.05, 4.69) is 5.48 Å². The smallest absolute Gasteiger partial charge is 0.263 e. The maximum absolute atomic E-state index is 14.2. The van der Waals surface area contributed by atoms with Crippen LogP contribution < -0.4 is 10.2 Å². The van der Waals surface area contributed by atoms with Gasteiger partial charge in [0.1, 0.15) is 10.3 Å². The average Bonchev–Trinajstić information content (AvgIpc) is 3.38. The van der Waals surface area contributed by atoms with Gasteiger partial charge in [-0.15, -0.1) is 11.3 Å². The maximum Gasteiger partial charge on any atom is 0.263 e. The normalized spacial score (nSPS) is 22.0. The van der Waals surface area contributed by atoms with Crippen LogP contribution in [0, 0.1) is 5.82 Å². The third-order valence-electron chi connectivity index (χ3n) is 6.08. The number of hydrogen-bond acceptors (Lipinski definition) is 9. The number of methoxy groups -OCH3 is 1. The zero-order valence-corrected chi connectivity index (χ0v) is 22.7. The summed E-state index contributed by atoms with van der Waals surface area (Å²) in [6.45, 7) is -0.250. The lowest BCUT2D eigenvalue weighted by Gasteiger charge is -2.38. The first kappa shape index (κ1) is 27.9. The van der Waals surface area contributed by atoms with Crippen LogP contribution in [-0.2, 0) is 34.4 Å². The molecule has 2 aliphatic rings. The SMILES string of the molecule is COc1ccc(-c2ccc(S(=O)(=O)N3CCN(S(C)(=O)=O)C[C@@H]3C(=O)NOC3CCCCO3)s2)cc1F. The van der Waals surface area contributed by atoms with Crippen LogP contribution in [0.25, 0.3) is 10.4 Å². The van der Waals surface area contributed by atoms with Crippen molar-refractivity contribution >= 4 is 37.3 Å². The third kappa shape index (κ3) is 6.30. The first-order chi connectivity index (χ1) is 17.5. The lowest BCUT2D eigenvalue weighted by Crippen LogP contribution is -2.61. The Kier molecular flexibility index (Phi) is 8.52. The largest absolute Gasteiger partial charge is 0.494 e. The van der Waals surface area contributed by atoms with Gasteiger partial charge in [0.2, 0.25) is 10.0 Å². The Balaban J connectivity index is 1.58. The Morgan fingerprint density at radius 2 is 1.95 bits per heavy atom. The molecule has 2 saturated heterocycles. The zero-order chi connectivity index (χ0) is 26.8. The molecule has 1 amide bonds. The number of rotatable bonds is 8. The van der Waals surface area contributed by atoms with Crippen molar-refractivity contribution in [1.29, 1.82) is 0 Å². The van der Waals surface area contributed by atoms with E-state index in [1.165, 1.54) is 25.3 Å². The summed E-state index contributed by atoms with van der Waals surface area (Å²) in [6, 6.07) is 5.84. The number of hydroxylamine groups is 1. The molecule has 0 radical (unpaired) electrons. The van der Waals surface area contributed by atoms with Crippen LogP contribution in [0.15, 0.2) is 34.5 Å². The van der Waals surface area contributed by atoms with Crippen LogP contribution in [0.2, 0.25) is 0 Å². The molecule has 4 rings (SSSR count). The van der Waals surface area contributed by atoms with Crippen molar-refractivity contribution in [2.45, 2.75) is 35.8 Å². The maximum atomic E-state index is 14.2. The minimum atomic E-state index is -4.21.